The summed E-state index contributed by atoms with van der Waals surface area (Å²) in [6.07, 6.45) is 8.17. The molecule has 0 amide bonds. The average molecular weight is 616 g/mol. The Morgan fingerprint density at radius 2 is 1.91 bits per heavy atom. The minimum atomic E-state index is -3.65. The van der Waals surface area contributed by atoms with Crippen molar-refractivity contribution in [3.63, 3.8) is 0 Å². The van der Waals surface area contributed by atoms with E-state index in [9.17, 15) is 18.3 Å². The van der Waals surface area contributed by atoms with Gasteiger partial charge in [-0.15, -0.1) is 0 Å². The summed E-state index contributed by atoms with van der Waals surface area (Å²) < 4.78 is 49.8. The van der Waals surface area contributed by atoms with Crippen molar-refractivity contribution in [3.05, 3.63) is 65.4 Å². The molecular weight excluding hydrogens is 574 g/mol. The van der Waals surface area contributed by atoms with Gasteiger partial charge in [0.25, 0.3) is 0 Å². The minimum Gasteiger partial charge on any atom is -0.496 e. The summed E-state index contributed by atoms with van der Waals surface area (Å²) in [5.74, 6) is -0.173. The Bertz CT molecular complexity index is 1490. The molecule has 2 aliphatic rings. The fourth-order valence-corrected chi connectivity index (χ4v) is 5.62. The summed E-state index contributed by atoms with van der Waals surface area (Å²) in [5, 5.41) is 16.5. The molecule has 0 radical (unpaired) electrons. The maximum atomic E-state index is 11.9. The molecule has 0 aromatic heterocycles. The molecule has 0 aliphatic carbocycles. The molecule has 11 nitrogen and oxygen atoms in total. The van der Waals surface area contributed by atoms with Crippen LogP contribution in [0.4, 0.5) is 11.4 Å². The molecule has 12 heteroatoms. The molecule has 4 rings (SSSR count). The normalized spacial score (nSPS) is 19.0. The number of carboxylic acid groups (broad SMARTS) is 1. The molecule has 0 saturated carbocycles. The zero-order valence-corrected chi connectivity index (χ0v) is 26.1. The van der Waals surface area contributed by atoms with Crippen molar-refractivity contribution >= 4 is 32.9 Å². The van der Waals surface area contributed by atoms with Crippen molar-refractivity contribution in [1.82, 2.24) is 5.32 Å². The zero-order valence-electron chi connectivity index (χ0n) is 25.3. The SMILES string of the molecule is COc1cc(NC2(NC(C)(C)CCOc3ccc(C(=O)O)cc3NS(C)(=O)=O)CCCCO2)ccc1C1=CC=C(C)OC1. The summed E-state index contributed by atoms with van der Waals surface area (Å²) in [4.78, 5) is 11.4. The van der Waals surface area contributed by atoms with E-state index in [0.717, 1.165) is 53.9 Å². The number of ether oxygens (including phenoxy) is 4. The van der Waals surface area contributed by atoms with Crippen LogP contribution in [0.25, 0.3) is 5.57 Å². The Kier molecular flexibility index (Phi) is 9.93. The molecular formula is C31H41N3O8S. The number of allylic oxidation sites excluding steroid dienone is 3. The molecule has 4 N–H and O–H groups in total. The molecule has 1 atom stereocenters. The third-order valence-electron chi connectivity index (χ3n) is 7.19. The molecule has 2 aliphatic heterocycles. The predicted octanol–water partition coefficient (Wildman–Crippen LogP) is 5.19. The Morgan fingerprint density at radius 1 is 1.12 bits per heavy atom. The number of aromatic carboxylic acids is 1. The molecule has 2 aromatic carbocycles. The van der Waals surface area contributed by atoms with Gasteiger partial charge in [0.05, 0.1) is 43.6 Å². The first-order chi connectivity index (χ1) is 20.3. The number of rotatable bonds is 13. The van der Waals surface area contributed by atoms with Gasteiger partial charge in [-0.25, -0.2) is 13.2 Å². The van der Waals surface area contributed by atoms with Crippen LogP contribution in [0.5, 0.6) is 11.5 Å². The Morgan fingerprint density at radius 3 is 2.53 bits per heavy atom. The van der Waals surface area contributed by atoms with Gasteiger partial charge in [0.1, 0.15) is 18.1 Å². The number of carbonyl (C=O) groups is 1. The highest BCUT2D eigenvalue weighted by molar-refractivity contribution is 7.92. The fraction of sp³-hybridized carbons (Fsp3) is 0.452. The van der Waals surface area contributed by atoms with E-state index in [1.807, 2.05) is 51.1 Å². The van der Waals surface area contributed by atoms with Gasteiger partial charge in [-0.3, -0.25) is 10.0 Å². The van der Waals surface area contributed by atoms with E-state index >= 15 is 0 Å². The number of methoxy groups -OCH3 is 1. The largest absolute Gasteiger partial charge is 0.496 e. The highest BCUT2D eigenvalue weighted by Gasteiger charge is 2.38. The van der Waals surface area contributed by atoms with Crippen molar-refractivity contribution in [1.29, 1.82) is 0 Å². The number of hydrogen-bond acceptors (Lipinski definition) is 9. The molecule has 2 aromatic rings. The van der Waals surface area contributed by atoms with Gasteiger partial charge in [0.2, 0.25) is 10.0 Å². The Balaban J connectivity index is 1.47. The minimum absolute atomic E-state index is 0.0524. The number of nitrogens with one attached hydrogen (secondary N) is 3. The lowest BCUT2D eigenvalue weighted by Crippen LogP contribution is -2.62. The topological polar surface area (TPSA) is 144 Å². The third-order valence-corrected chi connectivity index (χ3v) is 7.78. The lowest BCUT2D eigenvalue weighted by molar-refractivity contribution is -0.0971. The monoisotopic (exact) mass is 615 g/mol. The van der Waals surface area contributed by atoms with Crippen LogP contribution < -0.4 is 24.8 Å². The van der Waals surface area contributed by atoms with Crippen LogP contribution in [0, 0.1) is 0 Å². The average Bonchev–Trinajstić information content (AvgIpc) is 2.93. The van der Waals surface area contributed by atoms with Gasteiger partial charge in [-0.1, -0.05) is 6.08 Å². The van der Waals surface area contributed by atoms with Crippen LogP contribution in [0.15, 0.2) is 54.3 Å². The van der Waals surface area contributed by atoms with Crippen LogP contribution >= 0.6 is 0 Å². The molecule has 234 valence electrons. The molecule has 43 heavy (non-hydrogen) atoms. The number of benzene rings is 2. The fourth-order valence-electron chi connectivity index (χ4n) is 5.06. The second kappa shape index (κ2) is 13.3. The molecule has 0 spiro atoms. The van der Waals surface area contributed by atoms with Crippen molar-refractivity contribution in [2.75, 3.05) is 43.2 Å². The maximum Gasteiger partial charge on any atom is 0.335 e. The van der Waals surface area contributed by atoms with Crippen LogP contribution in [-0.4, -0.2) is 64.1 Å². The first-order valence-electron chi connectivity index (χ1n) is 14.2. The van der Waals surface area contributed by atoms with Crippen LogP contribution in [0.3, 0.4) is 0 Å². The van der Waals surface area contributed by atoms with Crippen molar-refractivity contribution in [3.8, 4) is 11.5 Å². The van der Waals surface area contributed by atoms with E-state index in [4.69, 9.17) is 18.9 Å². The van der Waals surface area contributed by atoms with E-state index in [1.165, 1.54) is 18.2 Å². The molecule has 1 saturated heterocycles. The maximum absolute atomic E-state index is 11.9. The van der Waals surface area contributed by atoms with Gasteiger partial charge in [0.15, 0.2) is 5.85 Å². The summed E-state index contributed by atoms with van der Waals surface area (Å²) in [6.45, 7) is 7.30. The first-order valence-corrected chi connectivity index (χ1v) is 16.1. The molecule has 1 unspecified atom stereocenters. The van der Waals surface area contributed by atoms with Gasteiger partial charge < -0.3 is 29.4 Å². The van der Waals surface area contributed by atoms with E-state index in [2.05, 4.69) is 15.4 Å². The first kappa shape index (κ1) is 32.2. The second-order valence-electron chi connectivity index (χ2n) is 11.4. The number of hydrogen-bond donors (Lipinski definition) is 4. The Hall–Kier alpha value is -3.74. The summed E-state index contributed by atoms with van der Waals surface area (Å²) in [5.41, 5.74) is 2.37. The van der Waals surface area contributed by atoms with Gasteiger partial charge in [-0.05, 0) is 76.4 Å². The van der Waals surface area contributed by atoms with Gasteiger partial charge >= 0.3 is 5.97 Å². The highest BCUT2D eigenvalue weighted by Crippen LogP contribution is 2.34. The molecule has 2 heterocycles. The quantitative estimate of drug-likeness (QED) is 0.222. The number of sulfonamides is 1. The zero-order chi connectivity index (χ0) is 31.3. The van der Waals surface area contributed by atoms with Gasteiger partial charge in [-0.2, -0.15) is 0 Å². The second-order valence-corrected chi connectivity index (χ2v) is 13.2. The smallest absolute Gasteiger partial charge is 0.335 e. The third kappa shape index (κ3) is 8.88. The predicted molar refractivity (Wildman–Crippen MR) is 166 cm³/mol. The van der Waals surface area contributed by atoms with Crippen LogP contribution in [0.2, 0.25) is 0 Å². The summed E-state index contributed by atoms with van der Waals surface area (Å²) in [6, 6.07) is 10.0. The van der Waals surface area contributed by atoms with Gasteiger partial charge in [0, 0.05) is 34.9 Å². The lowest BCUT2D eigenvalue weighted by Gasteiger charge is -2.44. The standard InChI is InChI=1S/C31H41N3O8S/c1-21-8-9-23(20-41-21)25-12-11-24(19-28(25)39-4)32-31(14-6-7-16-42-31)34-30(2,3)15-17-40-27-13-10-22(29(35)36)18-26(27)33-43(5,37)38/h8-13,18-19,32-34H,6-7,14-17,20H2,1-5H3,(H,35,36). The summed E-state index contributed by atoms with van der Waals surface area (Å²) in [7, 11) is -2.00. The van der Waals surface area contributed by atoms with Crippen LogP contribution in [-0.2, 0) is 19.5 Å². The number of anilines is 2. The van der Waals surface area contributed by atoms with E-state index in [0.29, 0.717) is 19.6 Å². The molecule has 1 fully saturated rings. The van der Waals surface area contributed by atoms with E-state index < -0.39 is 27.4 Å². The highest BCUT2D eigenvalue weighted by atomic mass is 32.2. The summed E-state index contributed by atoms with van der Waals surface area (Å²) >= 11 is 0. The van der Waals surface area contributed by atoms with Crippen LogP contribution in [0.1, 0.15) is 62.4 Å². The van der Waals surface area contributed by atoms with E-state index in [1.54, 1.807) is 7.11 Å². The van der Waals surface area contributed by atoms with Crippen molar-refractivity contribution in [2.24, 2.45) is 0 Å². The molecule has 0 bridgehead atoms. The van der Waals surface area contributed by atoms with E-state index in [-0.39, 0.29) is 23.6 Å². The Labute approximate surface area is 253 Å². The number of carboxylic acids is 1. The van der Waals surface area contributed by atoms with Crippen molar-refractivity contribution in [2.45, 2.75) is 57.8 Å². The van der Waals surface area contributed by atoms with Crippen molar-refractivity contribution < 1.29 is 37.3 Å². The lowest BCUT2D eigenvalue weighted by atomic mass is 9.97.